The summed E-state index contributed by atoms with van der Waals surface area (Å²) in [5.41, 5.74) is 1.81. The van der Waals surface area contributed by atoms with E-state index in [0.29, 0.717) is 32.5 Å². The molecule has 3 aromatic rings. The summed E-state index contributed by atoms with van der Waals surface area (Å²) < 4.78 is 11.3. The molecule has 0 saturated carbocycles. The van der Waals surface area contributed by atoms with Gasteiger partial charge in [0.15, 0.2) is 5.76 Å². The number of ether oxygens (including phenoxy) is 1. The van der Waals surface area contributed by atoms with Crippen molar-refractivity contribution in [2.75, 3.05) is 13.7 Å². The quantitative estimate of drug-likeness (QED) is 0.280. The van der Waals surface area contributed by atoms with Crippen molar-refractivity contribution in [3.05, 3.63) is 70.3 Å². The van der Waals surface area contributed by atoms with Crippen LogP contribution in [0.3, 0.4) is 0 Å². The van der Waals surface area contributed by atoms with Crippen LogP contribution in [0.5, 0.6) is 5.75 Å². The molecule has 33 heavy (non-hydrogen) atoms. The highest BCUT2D eigenvalue weighted by Gasteiger charge is 2.31. The van der Waals surface area contributed by atoms with Gasteiger partial charge in [-0.2, -0.15) is 0 Å². The minimum absolute atomic E-state index is 0.0230. The van der Waals surface area contributed by atoms with E-state index < -0.39 is 5.97 Å². The molecule has 7 nitrogen and oxygen atoms in total. The summed E-state index contributed by atoms with van der Waals surface area (Å²) in [4.78, 5) is 38.1. The maximum atomic E-state index is 12.8. The number of hydrogen-bond acceptors (Lipinski definition) is 7. The first-order valence-electron chi connectivity index (χ1n) is 10.1. The number of hydrogen-bond donors (Lipinski definition) is 1. The monoisotopic (exact) mass is 481 g/mol. The maximum absolute atomic E-state index is 12.8. The van der Waals surface area contributed by atoms with E-state index in [0.717, 1.165) is 10.9 Å². The molecule has 1 fully saturated rings. The van der Waals surface area contributed by atoms with Crippen LogP contribution in [0.15, 0.2) is 57.9 Å². The van der Waals surface area contributed by atoms with Crippen LogP contribution in [0.1, 0.15) is 34.5 Å². The zero-order chi connectivity index (χ0) is 23.5. The Morgan fingerprint density at radius 2 is 1.94 bits per heavy atom. The molecule has 1 aromatic heterocycles. The van der Waals surface area contributed by atoms with Gasteiger partial charge in [-0.1, -0.05) is 30.0 Å². The van der Waals surface area contributed by atoms with Crippen molar-refractivity contribution < 1.29 is 28.6 Å². The van der Waals surface area contributed by atoms with Crippen LogP contribution in [-0.2, 0) is 9.59 Å². The van der Waals surface area contributed by atoms with E-state index >= 15 is 0 Å². The lowest BCUT2D eigenvalue weighted by Gasteiger charge is -2.13. The number of benzene rings is 2. The fourth-order valence-corrected chi connectivity index (χ4v) is 4.69. The van der Waals surface area contributed by atoms with E-state index in [2.05, 4.69) is 0 Å². The Balaban J connectivity index is 1.53. The lowest BCUT2D eigenvalue weighted by molar-refractivity contribution is -0.137. The summed E-state index contributed by atoms with van der Waals surface area (Å²) in [5.74, 6) is -0.505. The van der Waals surface area contributed by atoms with E-state index in [-0.39, 0.29) is 30.4 Å². The van der Waals surface area contributed by atoms with E-state index in [1.165, 1.54) is 16.7 Å². The van der Waals surface area contributed by atoms with Crippen molar-refractivity contribution >= 4 is 63.0 Å². The van der Waals surface area contributed by atoms with Crippen molar-refractivity contribution in [1.82, 2.24) is 4.90 Å². The van der Waals surface area contributed by atoms with E-state index in [1.807, 2.05) is 6.07 Å². The van der Waals surface area contributed by atoms with E-state index in [9.17, 15) is 14.4 Å². The second-order valence-electron chi connectivity index (χ2n) is 7.30. The number of thiocarbonyl (C=S) groups is 1. The Labute approximate surface area is 199 Å². The van der Waals surface area contributed by atoms with Gasteiger partial charge in [-0.25, -0.2) is 0 Å². The number of fused-ring (bicyclic) bond motifs is 1. The largest absolute Gasteiger partial charge is 0.497 e. The fourth-order valence-electron chi connectivity index (χ4n) is 3.38. The predicted octanol–water partition coefficient (Wildman–Crippen LogP) is 4.74. The summed E-state index contributed by atoms with van der Waals surface area (Å²) in [5, 5.41) is 9.52. The van der Waals surface area contributed by atoms with Crippen LogP contribution >= 0.6 is 24.0 Å². The second-order valence-corrected chi connectivity index (χ2v) is 8.97. The summed E-state index contributed by atoms with van der Waals surface area (Å²) in [6.45, 7) is 0.270. The molecule has 1 N–H and O–H groups in total. The lowest BCUT2D eigenvalue weighted by Crippen LogP contribution is -2.29. The molecule has 1 aliphatic rings. The molecule has 9 heteroatoms. The third kappa shape index (κ3) is 4.99. The first kappa shape index (κ1) is 22.8. The number of aliphatic carboxylic acids is 1. The van der Waals surface area contributed by atoms with Crippen molar-refractivity contribution in [3.63, 3.8) is 0 Å². The van der Waals surface area contributed by atoms with Gasteiger partial charge in [0.25, 0.3) is 5.91 Å². The zero-order valence-corrected chi connectivity index (χ0v) is 19.2. The Morgan fingerprint density at radius 1 is 1.18 bits per heavy atom. The fraction of sp³-hybridized carbons (Fsp3) is 0.167. The number of amides is 1. The lowest BCUT2D eigenvalue weighted by atomic mass is 10.1. The number of ketones is 1. The molecular formula is C24H19NO6S2. The van der Waals surface area contributed by atoms with Gasteiger partial charge in [-0.15, -0.1) is 0 Å². The maximum Gasteiger partial charge on any atom is 0.303 e. The summed E-state index contributed by atoms with van der Waals surface area (Å²) in [6, 6.07) is 13.8. The molecule has 2 heterocycles. The number of carbonyl (C=O) groups excluding carboxylic acids is 2. The van der Waals surface area contributed by atoms with Crippen LogP contribution in [-0.4, -0.2) is 45.6 Å². The van der Waals surface area contributed by atoms with Crippen LogP contribution < -0.4 is 4.74 Å². The average molecular weight is 482 g/mol. The highest BCUT2D eigenvalue weighted by Crippen LogP contribution is 2.33. The number of furan rings is 1. The Hall–Kier alpha value is -3.43. The van der Waals surface area contributed by atoms with Gasteiger partial charge in [0, 0.05) is 23.9 Å². The number of carboxylic acid groups (broad SMARTS) is 1. The molecule has 0 radical (unpaired) electrons. The van der Waals surface area contributed by atoms with Gasteiger partial charge >= 0.3 is 5.97 Å². The number of thioether (sulfide) groups is 1. The summed E-state index contributed by atoms with van der Waals surface area (Å²) >= 11 is 6.47. The number of nitrogens with zero attached hydrogens (tertiary/aromatic N) is 1. The number of rotatable bonds is 8. The molecule has 1 saturated heterocycles. The molecule has 2 aromatic carbocycles. The molecule has 0 spiro atoms. The summed E-state index contributed by atoms with van der Waals surface area (Å²) in [6.07, 6.45) is 2.04. The Bertz CT molecular complexity index is 1290. The molecule has 168 valence electrons. The minimum Gasteiger partial charge on any atom is -0.497 e. The molecule has 0 unspecified atom stereocenters. The third-order valence-corrected chi connectivity index (χ3v) is 6.44. The number of methoxy groups -OCH3 is 1. The van der Waals surface area contributed by atoms with Gasteiger partial charge < -0.3 is 14.3 Å². The molecule has 1 amide bonds. The molecule has 1 aliphatic heterocycles. The SMILES string of the molecule is COc1ccc(C(=O)c2cc3cc(C=C4SC(=S)N(CCCC(=O)O)C4=O)ccc3o2)cc1. The van der Waals surface area contributed by atoms with Crippen molar-refractivity contribution in [2.24, 2.45) is 0 Å². The smallest absolute Gasteiger partial charge is 0.303 e. The first-order chi connectivity index (χ1) is 15.9. The van der Waals surface area contributed by atoms with Crippen LogP contribution in [0.25, 0.3) is 17.0 Å². The van der Waals surface area contributed by atoms with Crippen molar-refractivity contribution in [3.8, 4) is 5.75 Å². The normalized spacial score (nSPS) is 14.9. The highest BCUT2D eigenvalue weighted by atomic mass is 32.2. The third-order valence-electron chi connectivity index (χ3n) is 5.06. The molecule has 0 atom stereocenters. The Morgan fingerprint density at radius 3 is 2.64 bits per heavy atom. The zero-order valence-electron chi connectivity index (χ0n) is 17.6. The van der Waals surface area contributed by atoms with Crippen molar-refractivity contribution in [2.45, 2.75) is 12.8 Å². The van der Waals surface area contributed by atoms with Crippen LogP contribution in [0.2, 0.25) is 0 Å². The molecule has 0 aliphatic carbocycles. The summed E-state index contributed by atoms with van der Waals surface area (Å²) in [7, 11) is 1.56. The van der Waals surface area contributed by atoms with Gasteiger partial charge in [0.2, 0.25) is 5.78 Å². The standard InChI is InChI=1S/C24H19NO6S2/c1-30-17-7-5-15(6-8-17)22(28)19-13-16-11-14(4-9-18(16)31-19)12-20-23(29)25(24(32)33-20)10-2-3-21(26)27/h4-9,11-13H,2-3,10H2,1H3,(H,26,27). The van der Waals surface area contributed by atoms with Crippen LogP contribution in [0.4, 0.5) is 0 Å². The predicted molar refractivity (Wildman–Crippen MR) is 129 cm³/mol. The number of carboxylic acids is 1. The molecular weight excluding hydrogens is 462 g/mol. The van der Waals surface area contributed by atoms with Gasteiger partial charge in [-0.3, -0.25) is 19.3 Å². The van der Waals surface area contributed by atoms with Gasteiger partial charge in [0.1, 0.15) is 15.7 Å². The highest BCUT2D eigenvalue weighted by molar-refractivity contribution is 8.26. The van der Waals surface area contributed by atoms with Crippen molar-refractivity contribution in [1.29, 1.82) is 0 Å². The van der Waals surface area contributed by atoms with Crippen LogP contribution in [0, 0.1) is 0 Å². The average Bonchev–Trinajstić information content (AvgIpc) is 3.34. The molecule has 0 bridgehead atoms. The van der Waals surface area contributed by atoms with Gasteiger partial charge in [0.05, 0.1) is 12.0 Å². The first-order valence-corrected chi connectivity index (χ1v) is 11.3. The topological polar surface area (TPSA) is 97.0 Å². The Kier molecular flexibility index (Phi) is 6.62. The van der Waals surface area contributed by atoms with Gasteiger partial charge in [-0.05, 0) is 60.5 Å². The minimum atomic E-state index is -0.908. The van der Waals surface area contributed by atoms with E-state index in [1.54, 1.807) is 55.7 Å². The number of carbonyl (C=O) groups is 3. The van der Waals surface area contributed by atoms with E-state index in [4.69, 9.17) is 26.5 Å². The molecule has 4 rings (SSSR count). The second kappa shape index (κ2) is 9.60.